The van der Waals surface area contributed by atoms with Crippen LogP contribution in [0.2, 0.25) is 0 Å². The van der Waals surface area contributed by atoms with Crippen LogP contribution < -0.4 is 15.4 Å². The van der Waals surface area contributed by atoms with Crippen molar-refractivity contribution in [2.24, 2.45) is 0 Å². The summed E-state index contributed by atoms with van der Waals surface area (Å²) in [5.41, 5.74) is 1.88. The third kappa shape index (κ3) is 5.25. The summed E-state index contributed by atoms with van der Waals surface area (Å²) in [6.07, 6.45) is 1.19. The van der Waals surface area contributed by atoms with Gasteiger partial charge in [0.05, 0.1) is 0 Å². The number of hydrogen-bond donors (Lipinski definition) is 2. The summed E-state index contributed by atoms with van der Waals surface area (Å²) in [6.45, 7) is 7.64. The van der Waals surface area contributed by atoms with E-state index in [1.54, 1.807) is 6.07 Å². The molecule has 1 aromatic carbocycles. The molecule has 0 bridgehead atoms. The standard InChI is InChI=1S/C17H25N3O3/c1-3-20(4-2)10-9-18-17(22)12-23-14-6-7-15-13(11-14)5-8-16(21)19-15/h6-7,11H,3-5,8-10,12H2,1-2H3,(H,18,22)(H,19,21). The Morgan fingerprint density at radius 3 is 2.83 bits per heavy atom. The molecule has 0 unspecified atom stereocenters. The van der Waals surface area contributed by atoms with Crippen molar-refractivity contribution in [1.82, 2.24) is 10.2 Å². The first-order valence-corrected chi connectivity index (χ1v) is 8.17. The first-order valence-electron chi connectivity index (χ1n) is 8.17. The van der Waals surface area contributed by atoms with Gasteiger partial charge in [-0.3, -0.25) is 9.59 Å². The molecule has 2 amide bonds. The van der Waals surface area contributed by atoms with Crippen LogP contribution >= 0.6 is 0 Å². The number of carbonyl (C=O) groups excluding carboxylic acids is 2. The number of anilines is 1. The molecule has 1 aliphatic rings. The number of nitrogens with one attached hydrogen (secondary N) is 2. The fourth-order valence-corrected chi connectivity index (χ4v) is 2.54. The van der Waals surface area contributed by atoms with Gasteiger partial charge >= 0.3 is 0 Å². The second-order valence-corrected chi connectivity index (χ2v) is 5.53. The van der Waals surface area contributed by atoms with Crippen LogP contribution in [0, 0.1) is 0 Å². The van der Waals surface area contributed by atoms with E-state index in [0.717, 1.165) is 30.9 Å². The number of rotatable bonds is 8. The van der Waals surface area contributed by atoms with E-state index in [4.69, 9.17) is 4.74 Å². The number of carbonyl (C=O) groups is 2. The molecule has 6 heteroatoms. The number of benzene rings is 1. The first-order chi connectivity index (χ1) is 11.1. The van der Waals surface area contributed by atoms with Gasteiger partial charge in [-0.05, 0) is 43.3 Å². The van der Waals surface area contributed by atoms with Crippen LogP contribution in [0.15, 0.2) is 18.2 Å². The van der Waals surface area contributed by atoms with Crippen molar-refractivity contribution < 1.29 is 14.3 Å². The molecular formula is C17H25N3O3. The summed E-state index contributed by atoms with van der Waals surface area (Å²) in [7, 11) is 0. The van der Waals surface area contributed by atoms with Crippen molar-refractivity contribution in [2.45, 2.75) is 26.7 Å². The lowest BCUT2D eigenvalue weighted by Crippen LogP contribution is -2.36. The van der Waals surface area contributed by atoms with Crippen LogP contribution in [0.5, 0.6) is 5.75 Å². The quantitative estimate of drug-likeness (QED) is 0.760. The van der Waals surface area contributed by atoms with E-state index in [-0.39, 0.29) is 18.4 Å². The monoisotopic (exact) mass is 319 g/mol. The second kappa shape index (κ2) is 8.53. The molecule has 126 valence electrons. The van der Waals surface area contributed by atoms with E-state index in [2.05, 4.69) is 29.4 Å². The van der Waals surface area contributed by atoms with Gasteiger partial charge in [0, 0.05) is 25.2 Å². The molecule has 2 rings (SSSR count). The molecule has 6 nitrogen and oxygen atoms in total. The molecule has 0 atom stereocenters. The number of amides is 2. The fraction of sp³-hybridized carbons (Fsp3) is 0.529. The van der Waals surface area contributed by atoms with E-state index in [1.807, 2.05) is 12.1 Å². The van der Waals surface area contributed by atoms with E-state index >= 15 is 0 Å². The van der Waals surface area contributed by atoms with E-state index in [0.29, 0.717) is 25.1 Å². The maximum atomic E-state index is 11.8. The average molecular weight is 319 g/mol. The third-order valence-corrected chi connectivity index (χ3v) is 3.99. The van der Waals surface area contributed by atoms with Gasteiger partial charge in [-0.25, -0.2) is 0 Å². The fourth-order valence-electron chi connectivity index (χ4n) is 2.54. The largest absolute Gasteiger partial charge is 0.484 e. The lowest BCUT2D eigenvalue weighted by molar-refractivity contribution is -0.123. The second-order valence-electron chi connectivity index (χ2n) is 5.53. The highest BCUT2D eigenvalue weighted by atomic mass is 16.5. The zero-order valence-electron chi connectivity index (χ0n) is 13.9. The van der Waals surface area contributed by atoms with Crippen LogP contribution in [0.4, 0.5) is 5.69 Å². The van der Waals surface area contributed by atoms with Gasteiger partial charge in [0.25, 0.3) is 5.91 Å². The highest BCUT2D eigenvalue weighted by molar-refractivity contribution is 5.94. The Kier molecular flexibility index (Phi) is 6.40. The lowest BCUT2D eigenvalue weighted by Gasteiger charge is -2.18. The summed E-state index contributed by atoms with van der Waals surface area (Å²) in [5.74, 6) is 0.570. The van der Waals surface area contributed by atoms with Crippen molar-refractivity contribution in [3.05, 3.63) is 23.8 Å². The summed E-state index contributed by atoms with van der Waals surface area (Å²) < 4.78 is 5.53. The molecule has 1 aliphatic heterocycles. The Bertz CT molecular complexity index is 556. The molecular weight excluding hydrogens is 294 g/mol. The predicted molar refractivity (Wildman–Crippen MR) is 89.7 cm³/mol. The smallest absolute Gasteiger partial charge is 0.257 e. The van der Waals surface area contributed by atoms with Crippen LogP contribution in [0.25, 0.3) is 0 Å². The molecule has 1 aromatic rings. The Morgan fingerprint density at radius 2 is 2.09 bits per heavy atom. The van der Waals surface area contributed by atoms with Gasteiger partial charge in [0.15, 0.2) is 6.61 Å². The Morgan fingerprint density at radius 1 is 1.30 bits per heavy atom. The van der Waals surface area contributed by atoms with Crippen LogP contribution in [-0.2, 0) is 16.0 Å². The van der Waals surface area contributed by atoms with Gasteiger partial charge in [0.2, 0.25) is 5.91 Å². The van der Waals surface area contributed by atoms with Crippen molar-refractivity contribution in [3.8, 4) is 5.75 Å². The number of hydrogen-bond acceptors (Lipinski definition) is 4. The summed E-state index contributed by atoms with van der Waals surface area (Å²) in [4.78, 5) is 25.4. The van der Waals surface area contributed by atoms with Crippen LogP contribution in [0.3, 0.4) is 0 Å². The molecule has 0 spiro atoms. The normalized spacial score (nSPS) is 13.4. The predicted octanol–water partition coefficient (Wildman–Crippen LogP) is 1.41. The van der Waals surface area contributed by atoms with E-state index in [1.165, 1.54) is 0 Å². The summed E-state index contributed by atoms with van der Waals surface area (Å²) in [5, 5.41) is 5.68. The minimum atomic E-state index is -0.122. The maximum Gasteiger partial charge on any atom is 0.257 e. The molecule has 0 aromatic heterocycles. The molecule has 0 fully saturated rings. The van der Waals surface area contributed by atoms with E-state index < -0.39 is 0 Å². The van der Waals surface area contributed by atoms with Gasteiger partial charge in [-0.15, -0.1) is 0 Å². The van der Waals surface area contributed by atoms with Crippen molar-refractivity contribution in [2.75, 3.05) is 38.1 Å². The highest BCUT2D eigenvalue weighted by Crippen LogP contribution is 2.26. The molecule has 0 aliphatic carbocycles. The minimum Gasteiger partial charge on any atom is -0.484 e. The maximum absolute atomic E-state index is 11.8. The number of nitrogens with zero attached hydrogens (tertiary/aromatic N) is 1. The van der Waals surface area contributed by atoms with Crippen molar-refractivity contribution in [1.29, 1.82) is 0 Å². The highest BCUT2D eigenvalue weighted by Gasteiger charge is 2.15. The van der Waals surface area contributed by atoms with E-state index in [9.17, 15) is 9.59 Å². The molecule has 1 heterocycles. The molecule has 0 saturated heterocycles. The van der Waals surface area contributed by atoms with Gasteiger partial charge < -0.3 is 20.3 Å². The molecule has 0 radical (unpaired) electrons. The molecule has 0 saturated carbocycles. The average Bonchev–Trinajstić information content (AvgIpc) is 2.57. The third-order valence-electron chi connectivity index (χ3n) is 3.99. The zero-order chi connectivity index (χ0) is 16.7. The van der Waals surface area contributed by atoms with Gasteiger partial charge in [-0.2, -0.15) is 0 Å². The van der Waals surface area contributed by atoms with Crippen LogP contribution in [-0.4, -0.2) is 49.5 Å². The lowest BCUT2D eigenvalue weighted by atomic mass is 10.0. The summed E-state index contributed by atoms with van der Waals surface area (Å²) >= 11 is 0. The Labute approximate surface area is 137 Å². The van der Waals surface area contributed by atoms with Crippen molar-refractivity contribution in [3.63, 3.8) is 0 Å². The topological polar surface area (TPSA) is 70.7 Å². The minimum absolute atomic E-state index is 0.00337. The number of aryl methyl sites for hydroxylation is 1. The van der Waals surface area contributed by atoms with Gasteiger partial charge in [0.1, 0.15) is 5.75 Å². The Hall–Kier alpha value is -2.08. The summed E-state index contributed by atoms with van der Waals surface area (Å²) in [6, 6.07) is 5.48. The molecule has 2 N–H and O–H groups in total. The number of likely N-dealkylation sites (N-methyl/N-ethyl adjacent to an activating group) is 1. The molecule has 23 heavy (non-hydrogen) atoms. The zero-order valence-corrected chi connectivity index (χ0v) is 13.9. The van der Waals surface area contributed by atoms with Gasteiger partial charge in [-0.1, -0.05) is 13.8 Å². The van der Waals surface area contributed by atoms with Crippen LogP contribution in [0.1, 0.15) is 25.8 Å². The first kappa shape index (κ1) is 17.3. The number of fused-ring (bicyclic) bond motifs is 1. The number of ether oxygens (including phenoxy) is 1. The Balaban J connectivity index is 1.75. The SMILES string of the molecule is CCN(CC)CCNC(=O)COc1ccc2c(c1)CCC(=O)N2. The van der Waals surface area contributed by atoms with Crippen molar-refractivity contribution >= 4 is 17.5 Å².